The van der Waals surface area contributed by atoms with Crippen LogP contribution in [0.5, 0.6) is 5.75 Å². The van der Waals surface area contributed by atoms with E-state index in [9.17, 15) is 8.78 Å². The standard InChI is InChI=1S/C29H34F2O/c1-3-5-6-7-8-9-10-22-11-13-23(14-12-22)26-19-20-27(29(31)28(26)30)24-15-17-25(18-16-24)32-21-4-2/h11-20H,3-10,21H2,1-2H3. The van der Waals surface area contributed by atoms with E-state index < -0.39 is 11.6 Å². The molecule has 1 nitrogen and oxygen atoms in total. The Hall–Kier alpha value is -2.68. The fourth-order valence-electron chi connectivity index (χ4n) is 3.91. The Bertz CT molecular complexity index is 962. The maximum absolute atomic E-state index is 14.9. The third kappa shape index (κ3) is 6.41. The number of halogens is 2. The van der Waals surface area contributed by atoms with Crippen molar-refractivity contribution in [1.29, 1.82) is 0 Å². The van der Waals surface area contributed by atoms with Crippen LogP contribution in [0.3, 0.4) is 0 Å². The topological polar surface area (TPSA) is 9.23 Å². The summed E-state index contributed by atoms with van der Waals surface area (Å²) < 4.78 is 35.4. The molecule has 0 aromatic heterocycles. The lowest BCUT2D eigenvalue weighted by atomic mass is 9.97. The highest BCUT2D eigenvalue weighted by Gasteiger charge is 2.16. The van der Waals surface area contributed by atoms with E-state index in [4.69, 9.17) is 4.74 Å². The predicted octanol–water partition coefficient (Wildman–Crippen LogP) is 8.99. The molecule has 0 aliphatic carbocycles. The number of unbranched alkanes of at least 4 members (excludes halogenated alkanes) is 5. The first-order valence-corrected chi connectivity index (χ1v) is 11.9. The van der Waals surface area contributed by atoms with Gasteiger partial charge in [-0.25, -0.2) is 8.78 Å². The van der Waals surface area contributed by atoms with Crippen LogP contribution in [0, 0.1) is 11.6 Å². The molecule has 0 heterocycles. The van der Waals surface area contributed by atoms with Crippen LogP contribution in [-0.4, -0.2) is 6.61 Å². The number of hydrogen-bond donors (Lipinski definition) is 0. The first-order valence-electron chi connectivity index (χ1n) is 11.9. The molecule has 0 N–H and O–H groups in total. The molecule has 0 saturated heterocycles. The van der Waals surface area contributed by atoms with Gasteiger partial charge in [0.25, 0.3) is 0 Å². The molecule has 32 heavy (non-hydrogen) atoms. The highest BCUT2D eigenvalue weighted by atomic mass is 19.2. The number of benzene rings is 3. The van der Waals surface area contributed by atoms with Crippen molar-refractivity contribution < 1.29 is 13.5 Å². The van der Waals surface area contributed by atoms with E-state index in [1.807, 2.05) is 31.2 Å². The Labute approximate surface area is 191 Å². The van der Waals surface area contributed by atoms with Crippen LogP contribution < -0.4 is 4.74 Å². The molecule has 3 aromatic carbocycles. The number of ether oxygens (including phenoxy) is 1. The van der Waals surface area contributed by atoms with Crippen LogP contribution >= 0.6 is 0 Å². The summed E-state index contributed by atoms with van der Waals surface area (Å²) in [5.41, 5.74) is 3.12. The lowest BCUT2D eigenvalue weighted by Gasteiger charge is -2.11. The summed E-state index contributed by atoms with van der Waals surface area (Å²) >= 11 is 0. The van der Waals surface area contributed by atoms with E-state index in [-0.39, 0.29) is 5.56 Å². The minimum Gasteiger partial charge on any atom is -0.494 e. The Kier molecular flexibility index (Phi) is 9.27. The van der Waals surface area contributed by atoms with E-state index in [0.717, 1.165) is 18.6 Å². The van der Waals surface area contributed by atoms with Gasteiger partial charge in [0, 0.05) is 11.1 Å². The third-order valence-electron chi connectivity index (χ3n) is 5.80. The van der Waals surface area contributed by atoms with Crippen LogP contribution in [0.4, 0.5) is 8.78 Å². The van der Waals surface area contributed by atoms with E-state index in [1.165, 1.54) is 44.1 Å². The van der Waals surface area contributed by atoms with E-state index in [1.54, 1.807) is 36.4 Å². The number of aryl methyl sites for hydroxylation is 1. The van der Waals surface area contributed by atoms with Crippen molar-refractivity contribution in [3.63, 3.8) is 0 Å². The van der Waals surface area contributed by atoms with E-state index in [0.29, 0.717) is 23.3 Å². The van der Waals surface area contributed by atoms with Crippen LogP contribution in [-0.2, 0) is 6.42 Å². The van der Waals surface area contributed by atoms with Gasteiger partial charge in [-0.3, -0.25) is 0 Å². The average molecular weight is 437 g/mol. The van der Waals surface area contributed by atoms with Crippen molar-refractivity contribution in [2.24, 2.45) is 0 Å². The van der Waals surface area contributed by atoms with Crippen molar-refractivity contribution in [2.45, 2.75) is 65.2 Å². The number of rotatable bonds is 12. The monoisotopic (exact) mass is 436 g/mol. The van der Waals surface area contributed by atoms with Crippen LogP contribution in [0.1, 0.15) is 64.4 Å². The van der Waals surface area contributed by atoms with Gasteiger partial charge >= 0.3 is 0 Å². The minimum atomic E-state index is -0.819. The Morgan fingerprint density at radius 2 is 1.12 bits per heavy atom. The predicted molar refractivity (Wildman–Crippen MR) is 130 cm³/mol. The highest BCUT2D eigenvalue weighted by molar-refractivity contribution is 5.72. The molecule has 0 aliphatic rings. The molecular formula is C29H34F2O. The molecule has 3 rings (SSSR count). The summed E-state index contributed by atoms with van der Waals surface area (Å²) in [5, 5.41) is 0. The average Bonchev–Trinajstić information content (AvgIpc) is 2.83. The van der Waals surface area contributed by atoms with Crippen molar-refractivity contribution in [3.05, 3.63) is 77.9 Å². The zero-order chi connectivity index (χ0) is 22.8. The van der Waals surface area contributed by atoms with Gasteiger partial charge in [0.15, 0.2) is 11.6 Å². The highest BCUT2D eigenvalue weighted by Crippen LogP contribution is 2.32. The van der Waals surface area contributed by atoms with Gasteiger partial charge in [0.05, 0.1) is 6.61 Å². The normalized spacial score (nSPS) is 11.0. The van der Waals surface area contributed by atoms with Crippen molar-refractivity contribution in [3.8, 4) is 28.0 Å². The van der Waals surface area contributed by atoms with Gasteiger partial charge in [0.1, 0.15) is 5.75 Å². The first kappa shape index (κ1) is 24.0. The lowest BCUT2D eigenvalue weighted by molar-refractivity contribution is 0.317. The SMILES string of the molecule is CCCCCCCCc1ccc(-c2ccc(-c3ccc(OCCC)cc3)c(F)c2F)cc1. The second-order valence-electron chi connectivity index (χ2n) is 8.38. The first-order chi connectivity index (χ1) is 15.6. The maximum atomic E-state index is 14.9. The van der Waals surface area contributed by atoms with E-state index in [2.05, 4.69) is 6.92 Å². The lowest BCUT2D eigenvalue weighted by Crippen LogP contribution is -1.96. The largest absolute Gasteiger partial charge is 0.494 e. The second-order valence-corrected chi connectivity index (χ2v) is 8.38. The molecule has 0 radical (unpaired) electrons. The van der Waals surface area contributed by atoms with Crippen molar-refractivity contribution in [1.82, 2.24) is 0 Å². The zero-order valence-corrected chi connectivity index (χ0v) is 19.3. The van der Waals surface area contributed by atoms with Gasteiger partial charge in [-0.2, -0.15) is 0 Å². The quantitative estimate of drug-likeness (QED) is 0.257. The fourth-order valence-corrected chi connectivity index (χ4v) is 3.91. The zero-order valence-electron chi connectivity index (χ0n) is 19.3. The van der Waals surface area contributed by atoms with Gasteiger partial charge in [-0.15, -0.1) is 0 Å². The smallest absolute Gasteiger partial charge is 0.167 e. The molecule has 3 aromatic rings. The van der Waals surface area contributed by atoms with Crippen molar-refractivity contribution >= 4 is 0 Å². The summed E-state index contributed by atoms with van der Waals surface area (Å²) in [4.78, 5) is 0. The molecule has 0 unspecified atom stereocenters. The van der Waals surface area contributed by atoms with Crippen molar-refractivity contribution in [2.75, 3.05) is 6.61 Å². The second kappa shape index (κ2) is 12.4. The summed E-state index contributed by atoms with van der Waals surface area (Å²) in [6, 6.07) is 18.3. The van der Waals surface area contributed by atoms with Gasteiger partial charge in [-0.05, 0) is 48.1 Å². The van der Waals surface area contributed by atoms with E-state index >= 15 is 0 Å². The Morgan fingerprint density at radius 3 is 1.69 bits per heavy atom. The molecule has 170 valence electrons. The maximum Gasteiger partial charge on any atom is 0.167 e. The van der Waals surface area contributed by atoms with Gasteiger partial charge in [0.2, 0.25) is 0 Å². The van der Waals surface area contributed by atoms with Crippen LogP contribution in [0.2, 0.25) is 0 Å². The Morgan fingerprint density at radius 1 is 0.594 bits per heavy atom. The van der Waals surface area contributed by atoms with Crippen LogP contribution in [0.15, 0.2) is 60.7 Å². The molecule has 0 spiro atoms. The summed E-state index contributed by atoms with van der Waals surface area (Å²) in [7, 11) is 0. The number of hydrogen-bond acceptors (Lipinski definition) is 1. The summed E-state index contributed by atoms with van der Waals surface area (Å²) in [6.45, 7) is 4.90. The van der Waals surface area contributed by atoms with Crippen LogP contribution in [0.25, 0.3) is 22.3 Å². The minimum absolute atomic E-state index is 0.257. The molecule has 0 atom stereocenters. The Balaban J connectivity index is 1.67. The molecule has 0 saturated carbocycles. The molecule has 0 bridgehead atoms. The van der Waals surface area contributed by atoms with Gasteiger partial charge in [-0.1, -0.05) is 94.5 Å². The third-order valence-corrected chi connectivity index (χ3v) is 5.80. The molecule has 0 amide bonds. The summed E-state index contributed by atoms with van der Waals surface area (Å²) in [5.74, 6) is -0.896. The molecule has 3 heteroatoms. The van der Waals surface area contributed by atoms with Gasteiger partial charge < -0.3 is 4.74 Å². The molecule has 0 fully saturated rings. The molecule has 0 aliphatic heterocycles. The summed E-state index contributed by atoms with van der Waals surface area (Å²) in [6.07, 6.45) is 9.54. The molecular weight excluding hydrogens is 402 g/mol. The fraction of sp³-hybridized carbons (Fsp3) is 0.379.